The maximum Gasteiger partial charge on any atom is 0.188 e. The molecule has 0 bridgehead atoms. The Labute approximate surface area is 87.9 Å². The summed E-state index contributed by atoms with van der Waals surface area (Å²) < 4.78 is 17.1. The van der Waals surface area contributed by atoms with E-state index in [1.54, 1.807) is 0 Å². The molecule has 0 aromatic heterocycles. The molecule has 2 atom stereocenters. The van der Waals surface area contributed by atoms with Crippen LogP contribution in [-0.4, -0.2) is 33.4 Å². The minimum atomic E-state index is -1.47. The SMILES string of the molecule is CC[Si](C)(C)OCC1(C)OCC(C)O1. The van der Waals surface area contributed by atoms with Crippen LogP contribution < -0.4 is 0 Å². The molecule has 0 aliphatic carbocycles. The number of ether oxygens (including phenoxy) is 2. The van der Waals surface area contributed by atoms with E-state index in [2.05, 4.69) is 20.0 Å². The van der Waals surface area contributed by atoms with E-state index in [9.17, 15) is 0 Å². The summed E-state index contributed by atoms with van der Waals surface area (Å²) in [6.07, 6.45) is 0.190. The van der Waals surface area contributed by atoms with Crippen molar-refractivity contribution in [1.82, 2.24) is 0 Å². The average molecular weight is 218 g/mol. The number of hydrogen-bond donors (Lipinski definition) is 0. The summed E-state index contributed by atoms with van der Waals surface area (Å²) in [5.41, 5.74) is 0. The van der Waals surface area contributed by atoms with Gasteiger partial charge in [-0.2, -0.15) is 0 Å². The molecule has 0 aromatic rings. The van der Waals surface area contributed by atoms with Gasteiger partial charge < -0.3 is 13.9 Å². The zero-order chi connectivity index (χ0) is 10.8. The van der Waals surface area contributed by atoms with Gasteiger partial charge in [0.15, 0.2) is 14.1 Å². The van der Waals surface area contributed by atoms with E-state index in [4.69, 9.17) is 13.9 Å². The fraction of sp³-hybridized carbons (Fsp3) is 1.00. The molecule has 2 unspecified atom stereocenters. The van der Waals surface area contributed by atoms with Gasteiger partial charge in [0, 0.05) is 0 Å². The summed E-state index contributed by atoms with van der Waals surface area (Å²) in [7, 11) is -1.47. The molecule has 14 heavy (non-hydrogen) atoms. The van der Waals surface area contributed by atoms with Crippen molar-refractivity contribution in [2.45, 2.75) is 51.8 Å². The second kappa shape index (κ2) is 4.31. The van der Waals surface area contributed by atoms with Crippen molar-refractivity contribution in [3.63, 3.8) is 0 Å². The van der Waals surface area contributed by atoms with Crippen LogP contribution in [0.1, 0.15) is 20.8 Å². The van der Waals surface area contributed by atoms with Gasteiger partial charge in [-0.3, -0.25) is 0 Å². The number of rotatable bonds is 4. The van der Waals surface area contributed by atoms with Crippen molar-refractivity contribution < 1.29 is 13.9 Å². The summed E-state index contributed by atoms with van der Waals surface area (Å²) in [6.45, 7) is 11.8. The van der Waals surface area contributed by atoms with Crippen LogP contribution in [-0.2, 0) is 13.9 Å². The van der Waals surface area contributed by atoms with Crippen LogP contribution in [0.25, 0.3) is 0 Å². The minimum Gasteiger partial charge on any atom is -0.412 e. The van der Waals surface area contributed by atoms with Crippen LogP contribution in [0.5, 0.6) is 0 Å². The van der Waals surface area contributed by atoms with Crippen molar-refractivity contribution in [3.05, 3.63) is 0 Å². The molecule has 0 aromatic carbocycles. The van der Waals surface area contributed by atoms with Gasteiger partial charge in [-0.1, -0.05) is 6.92 Å². The third-order valence-electron chi connectivity index (χ3n) is 2.65. The highest BCUT2D eigenvalue weighted by atomic mass is 28.4. The molecule has 3 nitrogen and oxygen atoms in total. The van der Waals surface area contributed by atoms with E-state index in [1.807, 2.05) is 13.8 Å². The normalized spacial score (nSPS) is 33.6. The van der Waals surface area contributed by atoms with Gasteiger partial charge in [0.2, 0.25) is 0 Å². The van der Waals surface area contributed by atoms with Gasteiger partial charge in [-0.05, 0) is 33.0 Å². The van der Waals surface area contributed by atoms with Crippen LogP contribution >= 0.6 is 0 Å². The molecule has 1 aliphatic heterocycles. The average Bonchev–Trinajstić information content (AvgIpc) is 2.45. The maximum atomic E-state index is 5.90. The van der Waals surface area contributed by atoms with Gasteiger partial charge in [0.25, 0.3) is 0 Å². The molecular weight excluding hydrogens is 196 g/mol. The number of hydrogen-bond acceptors (Lipinski definition) is 3. The van der Waals surface area contributed by atoms with E-state index >= 15 is 0 Å². The lowest BCUT2D eigenvalue weighted by molar-refractivity contribution is -0.173. The Kier molecular flexibility index (Phi) is 3.74. The molecule has 0 radical (unpaired) electrons. The van der Waals surface area contributed by atoms with Crippen LogP contribution in [0.15, 0.2) is 0 Å². The van der Waals surface area contributed by atoms with Crippen molar-refractivity contribution in [2.24, 2.45) is 0 Å². The highest BCUT2D eigenvalue weighted by Gasteiger charge is 2.37. The highest BCUT2D eigenvalue weighted by molar-refractivity contribution is 6.71. The van der Waals surface area contributed by atoms with Gasteiger partial charge in [0.1, 0.15) is 0 Å². The third kappa shape index (κ3) is 3.35. The molecule has 1 heterocycles. The molecule has 1 fully saturated rings. The fourth-order valence-electron chi connectivity index (χ4n) is 1.29. The third-order valence-corrected chi connectivity index (χ3v) is 5.28. The Morgan fingerprint density at radius 1 is 1.50 bits per heavy atom. The summed E-state index contributed by atoms with van der Waals surface area (Å²) in [5, 5.41) is 0. The largest absolute Gasteiger partial charge is 0.412 e. The van der Waals surface area contributed by atoms with Crippen molar-refractivity contribution in [1.29, 1.82) is 0 Å². The van der Waals surface area contributed by atoms with Crippen LogP contribution in [0.3, 0.4) is 0 Å². The lowest BCUT2D eigenvalue weighted by Gasteiger charge is -2.28. The van der Waals surface area contributed by atoms with Crippen molar-refractivity contribution in [3.8, 4) is 0 Å². The smallest absolute Gasteiger partial charge is 0.188 e. The maximum absolute atomic E-state index is 5.90. The topological polar surface area (TPSA) is 27.7 Å². The lowest BCUT2D eigenvalue weighted by atomic mass is 10.3. The summed E-state index contributed by atoms with van der Waals surface area (Å²) in [4.78, 5) is 0. The van der Waals surface area contributed by atoms with Crippen LogP contribution in [0.2, 0.25) is 19.1 Å². The first kappa shape index (κ1) is 12.2. The van der Waals surface area contributed by atoms with Crippen LogP contribution in [0, 0.1) is 0 Å². The molecule has 0 saturated carbocycles. The molecule has 4 heteroatoms. The van der Waals surface area contributed by atoms with Crippen LogP contribution in [0.4, 0.5) is 0 Å². The first-order chi connectivity index (χ1) is 6.37. The first-order valence-corrected chi connectivity index (χ1v) is 8.44. The molecule has 84 valence electrons. The molecule has 1 rings (SSSR count). The van der Waals surface area contributed by atoms with Gasteiger partial charge in [-0.25, -0.2) is 0 Å². The molecule has 0 spiro atoms. The molecule has 0 amide bonds. The van der Waals surface area contributed by atoms with E-state index in [0.717, 1.165) is 6.04 Å². The second-order valence-electron chi connectivity index (χ2n) is 4.78. The van der Waals surface area contributed by atoms with Crippen molar-refractivity contribution >= 4 is 8.32 Å². The highest BCUT2D eigenvalue weighted by Crippen LogP contribution is 2.25. The zero-order valence-electron chi connectivity index (χ0n) is 9.92. The Balaban J connectivity index is 2.37. The summed E-state index contributed by atoms with van der Waals surface area (Å²) >= 11 is 0. The predicted molar refractivity (Wildman–Crippen MR) is 58.8 cm³/mol. The molecule has 1 aliphatic rings. The summed E-state index contributed by atoms with van der Waals surface area (Å²) in [5.74, 6) is -0.515. The Morgan fingerprint density at radius 2 is 2.14 bits per heavy atom. The quantitative estimate of drug-likeness (QED) is 0.678. The standard InChI is InChI=1S/C10H22O3Si/c1-6-14(4,5)12-8-10(3)11-7-9(2)13-10/h9H,6-8H2,1-5H3. The first-order valence-electron chi connectivity index (χ1n) is 5.33. The van der Waals surface area contributed by atoms with Gasteiger partial charge >= 0.3 is 0 Å². The van der Waals surface area contributed by atoms with Crippen molar-refractivity contribution in [2.75, 3.05) is 13.2 Å². The van der Waals surface area contributed by atoms with E-state index < -0.39 is 14.1 Å². The Morgan fingerprint density at radius 3 is 2.57 bits per heavy atom. The van der Waals surface area contributed by atoms with E-state index in [1.165, 1.54) is 0 Å². The summed E-state index contributed by atoms with van der Waals surface area (Å²) in [6, 6.07) is 1.12. The zero-order valence-corrected chi connectivity index (χ0v) is 10.9. The minimum absolute atomic E-state index is 0.190. The molecule has 1 saturated heterocycles. The Hall–Kier alpha value is 0.0969. The lowest BCUT2D eigenvalue weighted by Crippen LogP contribution is -2.40. The van der Waals surface area contributed by atoms with E-state index in [-0.39, 0.29) is 6.10 Å². The fourth-order valence-corrected chi connectivity index (χ4v) is 2.15. The van der Waals surface area contributed by atoms with E-state index in [0.29, 0.717) is 13.2 Å². The Bertz CT molecular complexity index is 196. The second-order valence-corrected chi connectivity index (χ2v) is 9.29. The van der Waals surface area contributed by atoms with Gasteiger partial charge in [0.05, 0.1) is 19.3 Å². The predicted octanol–water partition coefficient (Wildman–Crippen LogP) is 2.38. The molecular formula is C10H22O3Si. The van der Waals surface area contributed by atoms with Gasteiger partial charge in [-0.15, -0.1) is 0 Å². The molecule has 0 N–H and O–H groups in total. The monoisotopic (exact) mass is 218 g/mol.